The van der Waals surface area contributed by atoms with Gasteiger partial charge in [0.2, 0.25) is 11.0 Å². The largest absolute Gasteiger partial charge is 0.349 e. The van der Waals surface area contributed by atoms with E-state index in [0.29, 0.717) is 6.54 Å². The van der Waals surface area contributed by atoms with Crippen LogP contribution in [0.25, 0.3) is 0 Å². The maximum Gasteiger partial charge on any atom is 0.348 e. The standard InChI is InChI=1S/C12H10BrClN4O2/c1-17(6-8-4-2-3-5-9(8)13)12-10(18(19)20)11(14)15-7-16-12/h2-5,7H,6H2,1H3. The maximum absolute atomic E-state index is 11.1. The summed E-state index contributed by atoms with van der Waals surface area (Å²) in [4.78, 5) is 19.8. The molecule has 1 heterocycles. The van der Waals surface area contributed by atoms with Crippen molar-refractivity contribution in [1.82, 2.24) is 9.97 Å². The second-order valence-electron chi connectivity index (χ2n) is 4.04. The van der Waals surface area contributed by atoms with Gasteiger partial charge >= 0.3 is 5.69 Å². The molecular weight excluding hydrogens is 348 g/mol. The van der Waals surface area contributed by atoms with Gasteiger partial charge in [0.1, 0.15) is 6.33 Å². The van der Waals surface area contributed by atoms with Crippen molar-refractivity contribution in [2.45, 2.75) is 6.54 Å². The van der Waals surface area contributed by atoms with E-state index in [9.17, 15) is 10.1 Å². The zero-order chi connectivity index (χ0) is 14.7. The Balaban J connectivity index is 2.35. The first-order valence-corrected chi connectivity index (χ1v) is 6.77. The third-order valence-corrected chi connectivity index (χ3v) is 3.72. The Kier molecular flexibility index (Phi) is 4.51. The smallest absolute Gasteiger partial charge is 0.348 e. The Hall–Kier alpha value is -1.73. The highest BCUT2D eigenvalue weighted by Gasteiger charge is 2.24. The van der Waals surface area contributed by atoms with Crippen molar-refractivity contribution in [3.8, 4) is 0 Å². The zero-order valence-corrected chi connectivity index (χ0v) is 12.8. The van der Waals surface area contributed by atoms with Gasteiger partial charge in [-0.15, -0.1) is 0 Å². The first kappa shape index (κ1) is 14.7. The van der Waals surface area contributed by atoms with Gasteiger partial charge in [0.25, 0.3) is 0 Å². The SMILES string of the molecule is CN(Cc1ccccc1Br)c1ncnc(Cl)c1[N+](=O)[O-]. The number of hydrogen-bond donors (Lipinski definition) is 0. The lowest BCUT2D eigenvalue weighted by molar-refractivity contribution is -0.384. The van der Waals surface area contributed by atoms with Crippen LogP contribution in [-0.2, 0) is 6.54 Å². The molecule has 20 heavy (non-hydrogen) atoms. The van der Waals surface area contributed by atoms with Gasteiger partial charge in [0, 0.05) is 18.1 Å². The van der Waals surface area contributed by atoms with Crippen molar-refractivity contribution in [2.75, 3.05) is 11.9 Å². The molecule has 0 fully saturated rings. The van der Waals surface area contributed by atoms with Crippen molar-refractivity contribution in [2.24, 2.45) is 0 Å². The van der Waals surface area contributed by atoms with Crippen LogP contribution in [-0.4, -0.2) is 21.9 Å². The van der Waals surface area contributed by atoms with Crippen LogP contribution in [0.1, 0.15) is 5.56 Å². The number of rotatable bonds is 4. The Morgan fingerprint density at radius 3 is 2.75 bits per heavy atom. The predicted octanol–water partition coefficient (Wildman–Crippen LogP) is 3.44. The van der Waals surface area contributed by atoms with E-state index >= 15 is 0 Å². The lowest BCUT2D eigenvalue weighted by Gasteiger charge is -2.18. The number of nitro groups is 1. The second-order valence-corrected chi connectivity index (χ2v) is 5.25. The normalized spacial score (nSPS) is 10.3. The zero-order valence-electron chi connectivity index (χ0n) is 10.5. The van der Waals surface area contributed by atoms with Crippen LogP contribution < -0.4 is 4.90 Å². The third-order valence-electron chi connectivity index (χ3n) is 2.67. The van der Waals surface area contributed by atoms with E-state index < -0.39 is 4.92 Å². The quantitative estimate of drug-likeness (QED) is 0.476. The molecule has 2 aromatic rings. The molecule has 1 aromatic heterocycles. The van der Waals surface area contributed by atoms with Gasteiger partial charge in [-0.2, -0.15) is 0 Å². The molecule has 0 radical (unpaired) electrons. The maximum atomic E-state index is 11.1. The van der Waals surface area contributed by atoms with E-state index in [2.05, 4.69) is 25.9 Å². The summed E-state index contributed by atoms with van der Waals surface area (Å²) in [5.41, 5.74) is 0.697. The fraction of sp³-hybridized carbons (Fsp3) is 0.167. The van der Waals surface area contributed by atoms with E-state index in [4.69, 9.17) is 11.6 Å². The molecule has 0 bridgehead atoms. The van der Waals surface area contributed by atoms with E-state index in [-0.39, 0.29) is 16.7 Å². The first-order valence-electron chi connectivity index (χ1n) is 5.60. The van der Waals surface area contributed by atoms with Crippen LogP contribution in [0.5, 0.6) is 0 Å². The van der Waals surface area contributed by atoms with Crippen molar-refractivity contribution in [3.63, 3.8) is 0 Å². The van der Waals surface area contributed by atoms with Gasteiger partial charge in [-0.3, -0.25) is 10.1 Å². The average molecular weight is 358 g/mol. The summed E-state index contributed by atoms with van der Waals surface area (Å²) in [6.45, 7) is 0.454. The molecule has 0 saturated carbocycles. The molecule has 1 aromatic carbocycles. The van der Waals surface area contributed by atoms with Crippen LogP contribution in [0.15, 0.2) is 35.1 Å². The molecule has 0 atom stereocenters. The monoisotopic (exact) mass is 356 g/mol. The summed E-state index contributed by atoms with van der Waals surface area (Å²) in [6, 6.07) is 7.63. The number of halogens is 2. The van der Waals surface area contributed by atoms with Crippen LogP contribution in [0.3, 0.4) is 0 Å². The Morgan fingerprint density at radius 1 is 1.40 bits per heavy atom. The summed E-state index contributed by atoms with van der Waals surface area (Å²) in [5, 5.41) is 10.9. The molecule has 0 unspecified atom stereocenters. The summed E-state index contributed by atoms with van der Waals surface area (Å²) >= 11 is 9.21. The predicted molar refractivity (Wildman–Crippen MR) is 79.9 cm³/mol. The minimum absolute atomic E-state index is 0.168. The second kappa shape index (κ2) is 6.15. The molecule has 0 aliphatic heterocycles. The lowest BCUT2D eigenvalue weighted by Crippen LogP contribution is -2.19. The highest BCUT2D eigenvalue weighted by molar-refractivity contribution is 9.10. The van der Waals surface area contributed by atoms with Gasteiger partial charge in [0.15, 0.2) is 0 Å². The fourth-order valence-corrected chi connectivity index (χ4v) is 2.35. The Labute approximate surface area is 128 Å². The first-order chi connectivity index (χ1) is 9.50. The number of anilines is 1. The topological polar surface area (TPSA) is 72.2 Å². The van der Waals surface area contributed by atoms with Gasteiger partial charge in [-0.05, 0) is 11.6 Å². The minimum atomic E-state index is -0.575. The van der Waals surface area contributed by atoms with Gasteiger partial charge in [0.05, 0.1) is 4.92 Å². The molecule has 0 amide bonds. The van der Waals surface area contributed by atoms with E-state index in [1.807, 2.05) is 24.3 Å². The molecule has 0 saturated heterocycles. The van der Waals surface area contributed by atoms with E-state index in [0.717, 1.165) is 10.0 Å². The summed E-state index contributed by atoms with van der Waals surface area (Å²) < 4.78 is 0.926. The average Bonchev–Trinajstić information content (AvgIpc) is 2.40. The van der Waals surface area contributed by atoms with Gasteiger partial charge < -0.3 is 4.90 Å². The molecule has 6 nitrogen and oxygen atoms in total. The van der Waals surface area contributed by atoms with Crippen molar-refractivity contribution < 1.29 is 4.92 Å². The van der Waals surface area contributed by atoms with Gasteiger partial charge in [-0.25, -0.2) is 9.97 Å². The minimum Gasteiger partial charge on any atom is -0.349 e. The molecule has 0 N–H and O–H groups in total. The summed E-state index contributed by atoms with van der Waals surface area (Å²) in [5.74, 6) is 0.186. The van der Waals surface area contributed by atoms with Crippen molar-refractivity contribution in [3.05, 3.63) is 55.9 Å². The molecule has 0 spiro atoms. The van der Waals surface area contributed by atoms with E-state index in [1.54, 1.807) is 11.9 Å². The van der Waals surface area contributed by atoms with Crippen LogP contribution in [0.2, 0.25) is 5.15 Å². The van der Waals surface area contributed by atoms with Crippen LogP contribution in [0.4, 0.5) is 11.5 Å². The van der Waals surface area contributed by atoms with E-state index in [1.165, 1.54) is 6.33 Å². The molecule has 8 heteroatoms. The number of hydrogen-bond acceptors (Lipinski definition) is 5. The Bertz CT molecular complexity index is 653. The third kappa shape index (κ3) is 3.05. The highest BCUT2D eigenvalue weighted by Crippen LogP contribution is 2.31. The summed E-state index contributed by atoms with van der Waals surface area (Å²) in [6.07, 6.45) is 1.21. The van der Waals surface area contributed by atoms with Gasteiger partial charge in [-0.1, -0.05) is 45.7 Å². The molecule has 0 aliphatic rings. The number of aromatic nitrogens is 2. The van der Waals surface area contributed by atoms with Crippen LogP contribution >= 0.6 is 27.5 Å². The molecular formula is C12H10BrClN4O2. The molecule has 0 aliphatic carbocycles. The van der Waals surface area contributed by atoms with Crippen molar-refractivity contribution >= 4 is 39.0 Å². The van der Waals surface area contributed by atoms with Crippen molar-refractivity contribution in [1.29, 1.82) is 0 Å². The molecule has 2 rings (SSSR count). The van der Waals surface area contributed by atoms with Crippen LogP contribution in [0, 0.1) is 10.1 Å². The summed E-state index contributed by atoms with van der Waals surface area (Å²) in [7, 11) is 1.71. The Morgan fingerprint density at radius 2 is 2.10 bits per heavy atom. The highest BCUT2D eigenvalue weighted by atomic mass is 79.9. The number of benzene rings is 1. The fourth-order valence-electron chi connectivity index (χ4n) is 1.74. The number of nitrogens with zero attached hydrogens (tertiary/aromatic N) is 4. The molecule has 104 valence electrons. The lowest BCUT2D eigenvalue weighted by atomic mass is 10.2.